The van der Waals surface area contributed by atoms with Gasteiger partial charge in [-0.2, -0.15) is 5.26 Å². The number of rotatable bonds is 6. The lowest BCUT2D eigenvalue weighted by molar-refractivity contribution is 0.299. The van der Waals surface area contributed by atoms with Crippen molar-refractivity contribution in [3.8, 4) is 11.8 Å². The number of benzene rings is 2. The molecule has 5 nitrogen and oxygen atoms in total. The molecule has 0 spiro atoms. The molecule has 3 aromatic rings. The standard InChI is InChI=1S/C21H20N4OS/c1-14-3-7-16(8-4-14)13-27-21-24-19(18(11-22)20(23)25-21)12-26-17-9-5-15(2)6-10-17/h3-10H,12-13H2,1-2H3,(H2,23,24,25). The van der Waals surface area contributed by atoms with Crippen molar-refractivity contribution in [3.63, 3.8) is 0 Å². The number of hydrogen-bond acceptors (Lipinski definition) is 6. The molecule has 0 aliphatic heterocycles. The molecule has 0 amide bonds. The first-order valence-electron chi connectivity index (χ1n) is 8.49. The fourth-order valence-corrected chi connectivity index (χ4v) is 3.24. The molecular formula is C21H20N4OS. The van der Waals surface area contributed by atoms with Crippen LogP contribution >= 0.6 is 11.8 Å². The normalized spacial score (nSPS) is 10.4. The zero-order valence-electron chi connectivity index (χ0n) is 15.3. The molecule has 2 aromatic carbocycles. The second-order valence-corrected chi connectivity index (χ2v) is 7.14. The maximum absolute atomic E-state index is 9.39. The average molecular weight is 376 g/mol. The topological polar surface area (TPSA) is 84.8 Å². The smallest absolute Gasteiger partial charge is 0.190 e. The Morgan fingerprint density at radius 1 is 1.00 bits per heavy atom. The molecular weight excluding hydrogens is 356 g/mol. The number of nitrogen functional groups attached to an aromatic ring is 1. The maximum atomic E-state index is 9.39. The Morgan fingerprint density at radius 3 is 2.26 bits per heavy atom. The number of ether oxygens (including phenoxy) is 1. The summed E-state index contributed by atoms with van der Waals surface area (Å²) in [5.74, 6) is 1.63. The van der Waals surface area contributed by atoms with Gasteiger partial charge in [-0.15, -0.1) is 0 Å². The largest absolute Gasteiger partial charge is 0.487 e. The lowest BCUT2D eigenvalue weighted by Gasteiger charge is -2.10. The third kappa shape index (κ3) is 4.99. The summed E-state index contributed by atoms with van der Waals surface area (Å²) in [6.07, 6.45) is 0. The van der Waals surface area contributed by atoms with Crippen molar-refractivity contribution in [3.05, 3.63) is 76.5 Å². The van der Waals surface area contributed by atoms with Gasteiger partial charge in [-0.05, 0) is 31.5 Å². The molecule has 0 radical (unpaired) electrons. The second-order valence-electron chi connectivity index (χ2n) is 6.20. The van der Waals surface area contributed by atoms with Crippen LogP contribution in [0.2, 0.25) is 0 Å². The zero-order chi connectivity index (χ0) is 19.2. The number of anilines is 1. The van der Waals surface area contributed by atoms with Crippen LogP contribution in [0.4, 0.5) is 5.82 Å². The van der Waals surface area contributed by atoms with E-state index in [0.717, 1.165) is 17.1 Å². The van der Waals surface area contributed by atoms with E-state index in [1.807, 2.05) is 31.2 Å². The molecule has 0 bridgehead atoms. The average Bonchev–Trinajstić information content (AvgIpc) is 2.67. The van der Waals surface area contributed by atoms with Crippen LogP contribution in [0.25, 0.3) is 0 Å². The summed E-state index contributed by atoms with van der Waals surface area (Å²) in [5, 5.41) is 9.92. The summed E-state index contributed by atoms with van der Waals surface area (Å²) in [5.41, 5.74) is 10.3. The van der Waals surface area contributed by atoms with Crippen LogP contribution in [-0.2, 0) is 12.4 Å². The predicted molar refractivity (Wildman–Crippen MR) is 107 cm³/mol. The molecule has 0 aliphatic carbocycles. The first-order chi connectivity index (χ1) is 13.0. The van der Waals surface area contributed by atoms with Crippen molar-refractivity contribution >= 4 is 17.6 Å². The molecule has 0 aliphatic rings. The molecule has 0 saturated carbocycles. The van der Waals surface area contributed by atoms with E-state index >= 15 is 0 Å². The third-order valence-electron chi connectivity index (χ3n) is 3.99. The highest BCUT2D eigenvalue weighted by Gasteiger charge is 2.13. The van der Waals surface area contributed by atoms with Crippen LogP contribution in [0.15, 0.2) is 53.7 Å². The number of aromatic nitrogens is 2. The monoisotopic (exact) mass is 376 g/mol. The Kier molecular flexibility index (Phi) is 5.94. The quantitative estimate of drug-likeness (QED) is 0.506. The molecule has 3 rings (SSSR count). The number of hydrogen-bond donors (Lipinski definition) is 1. The first kappa shape index (κ1) is 18.7. The fraction of sp³-hybridized carbons (Fsp3) is 0.190. The molecule has 27 heavy (non-hydrogen) atoms. The van der Waals surface area contributed by atoms with E-state index in [2.05, 4.69) is 47.2 Å². The molecule has 6 heteroatoms. The fourth-order valence-electron chi connectivity index (χ4n) is 2.41. The minimum atomic E-state index is 0.163. The predicted octanol–water partition coefficient (Wildman–Crippen LogP) is 4.42. The number of nitriles is 1. The molecule has 136 valence electrons. The summed E-state index contributed by atoms with van der Waals surface area (Å²) in [7, 11) is 0. The summed E-state index contributed by atoms with van der Waals surface area (Å²) >= 11 is 1.48. The summed E-state index contributed by atoms with van der Waals surface area (Å²) in [6.45, 7) is 4.23. The Balaban J connectivity index is 1.75. The molecule has 1 heterocycles. The van der Waals surface area contributed by atoms with Gasteiger partial charge in [0.1, 0.15) is 35.5 Å². The van der Waals surface area contributed by atoms with E-state index in [1.54, 1.807) is 0 Å². The van der Waals surface area contributed by atoms with Crippen LogP contribution in [0.1, 0.15) is 27.9 Å². The summed E-state index contributed by atoms with van der Waals surface area (Å²) in [6, 6.07) is 18.1. The van der Waals surface area contributed by atoms with Crippen molar-refractivity contribution in [1.29, 1.82) is 5.26 Å². The highest BCUT2D eigenvalue weighted by atomic mass is 32.2. The van der Waals surface area contributed by atoms with Crippen LogP contribution < -0.4 is 10.5 Å². The van der Waals surface area contributed by atoms with E-state index in [9.17, 15) is 5.26 Å². The van der Waals surface area contributed by atoms with Gasteiger partial charge in [-0.1, -0.05) is 59.3 Å². The minimum Gasteiger partial charge on any atom is -0.487 e. The van der Waals surface area contributed by atoms with Gasteiger partial charge < -0.3 is 10.5 Å². The Morgan fingerprint density at radius 2 is 1.63 bits per heavy atom. The number of aryl methyl sites for hydroxylation is 2. The zero-order valence-corrected chi connectivity index (χ0v) is 16.1. The lowest BCUT2D eigenvalue weighted by atomic mass is 10.2. The van der Waals surface area contributed by atoms with Gasteiger partial charge in [0.15, 0.2) is 5.16 Å². The Labute approximate surface area is 163 Å². The first-order valence-corrected chi connectivity index (χ1v) is 9.48. The second kappa shape index (κ2) is 8.56. The van der Waals surface area contributed by atoms with E-state index in [-0.39, 0.29) is 18.0 Å². The SMILES string of the molecule is Cc1ccc(CSc2nc(N)c(C#N)c(COc3ccc(C)cc3)n2)cc1. The highest BCUT2D eigenvalue weighted by Crippen LogP contribution is 2.24. The van der Waals surface area contributed by atoms with Gasteiger partial charge in [-0.25, -0.2) is 9.97 Å². The van der Waals surface area contributed by atoms with Crippen LogP contribution in [0.5, 0.6) is 5.75 Å². The van der Waals surface area contributed by atoms with Crippen LogP contribution in [0.3, 0.4) is 0 Å². The van der Waals surface area contributed by atoms with Gasteiger partial charge in [0.05, 0.1) is 0 Å². The van der Waals surface area contributed by atoms with E-state index in [4.69, 9.17) is 10.5 Å². The maximum Gasteiger partial charge on any atom is 0.190 e. The van der Waals surface area contributed by atoms with E-state index < -0.39 is 0 Å². The van der Waals surface area contributed by atoms with Crippen molar-refractivity contribution in [1.82, 2.24) is 9.97 Å². The molecule has 2 N–H and O–H groups in total. The van der Waals surface area contributed by atoms with Gasteiger partial charge >= 0.3 is 0 Å². The van der Waals surface area contributed by atoms with Crippen molar-refractivity contribution < 1.29 is 4.74 Å². The molecule has 0 fully saturated rings. The Hall–Kier alpha value is -3.04. The van der Waals surface area contributed by atoms with Crippen LogP contribution in [0, 0.1) is 25.2 Å². The lowest BCUT2D eigenvalue weighted by Crippen LogP contribution is -2.08. The van der Waals surface area contributed by atoms with Gasteiger partial charge in [0, 0.05) is 5.75 Å². The van der Waals surface area contributed by atoms with Crippen molar-refractivity contribution in [2.75, 3.05) is 5.73 Å². The molecule has 0 atom stereocenters. The van der Waals surface area contributed by atoms with Crippen LogP contribution in [-0.4, -0.2) is 9.97 Å². The van der Waals surface area contributed by atoms with Crippen molar-refractivity contribution in [2.24, 2.45) is 0 Å². The van der Waals surface area contributed by atoms with Gasteiger partial charge in [0.2, 0.25) is 0 Å². The van der Waals surface area contributed by atoms with E-state index in [1.165, 1.54) is 22.9 Å². The number of nitrogens with zero attached hydrogens (tertiary/aromatic N) is 3. The highest BCUT2D eigenvalue weighted by molar-refractivity contribution is 7.98. The van der Waals surface area contributed by atoms with E-state index in [0.29, 0.717) is 10.9 Å². The van der Waals surface area contributed by atoms with Gasteiger partial charge in [-0.3, -0.25) is 0 Å². The summed E-state index contributed by atoms with van der Waals surface area (Å²) in [4.78, 5) is 8.75. The third-order valence-corrected chi connectivity index (χ3v) is 4.91. The number of nitrogens with two attached hydrogens (primary N) is 1. The minimum absolute atomic E-state index is 0.163. The van der Waals surface area contributed by atoms with Gasteiger partial charge in [0.25, 0.3) is 0 Å². The molecule has 0 saturated heterocycles. The Bertz CT molecular complexity index is 963. The van der Waals surface area contributed by atoms with Crippen molar-refractivity contribution in [2.45, 2.75) is 31.4 Å². The number of thioether (sulfide) groups is 1. The molecule has 1 aromatic heterocycles. The summed E-state index contributed by atoms with van der Waals surface area (Å²) < 4.78 is 5.77. The molecule has 0 unspecified atom stereocenters.